The van der Waals surface area contributed by atoms with Gasteiger partial charge in [-0.25, -0.2) is 9.97 Å². The van der Waals surface area contributed by atoms with Crippen LogP contribution in [0, 0.1) is 5.95 Å². The van der Waals surface area contributed by atoms with Crippen molar-refractivity contribution in [2.45, 2.75) is 27.4 Å². The summed E-state index contributed by atoms with van der Waals surface area (Å²) in [6.07, 6.45) is 2.94. The van der Waals surface area contributed by atoms with Gasteiger partial charge in [0, 0.05) is 31.5 Å². The zero-order valence-corrected chi connectivity index (χ0v) is 17.2. The van der Waals surface area contributed by atoms with Gasteiger partial charge in [-0.2, -0.15) is 18.2 Å². The molecule has 0 atom stereocenters. The molecule has 2 aromatic heterocycles. The van der Waals surface area contributed by atoms with Gasteiger partial charge in [0.25, 0.3) is 0 Å². The first-order chi connectivity index (χ1) is 14.5. The van der Waals surface area contributed by atoms with E-state index in [9.17, 15) is 13.2 Å². The summed E-state index contributed by atoms with van der Waals surface area (Å²) in [4.78, 5) is 14.1. The lowest BCUT2D eigenvalue weighted by atomic mass is 10.1. The lowest BCUT2D eigenvalue weighted by molar-refractivity contribution is -0.0498. The van der Waals surface area contributed by atoms with Crippen LogP contribution < -0.4 is 15.0 Å². The molecule has 1 aromatic carbocycles. The van der Waals surface area contributed by atoms with E-state index in [1.807, 2.05) is 32.7 Å². The Morgan fingerprint density at radius 3 is 2.40 bits per heavy atom. The fourth-order valence-corrected chi connectivity index (χ4v) is 2.40. The molecule has 0 aliphatic carbocycles. The number of halogens is 3. The molecular formula is C21H24F3N5O. The first-order valence-electron chi connectivity index (χ1n) is 9.48. The third-order valence-electron chi connectivity index (χ3n) is 3.97. The van der Waals surface area contributed by atoms with Crippen LogP contribution in [0.15, 0.2) is 48.8 Å². The van der Waals surface area contributed by atoms with Crippen LogP contribution in [0.1, 0.15) is 20.8 Å². The average Bonchev–Trinajstić information content (AvgIpc) is 2.76. The van der Waals surface area contributed by atoms with Crippen molar-refractivity contribution in [3.05, 3.63) is 54.7 Å². The van der Waals surface area contributed by atoms with Crippen molar-refractivity contribution >= 4 is 17.5 Å². The Kier molecular flexibility index (Phi) is 8.40. The fraction of sp³-hybridized carbons (Fsp3) is 0.286. The van der Waals surface area contributed by atoms with Gasteiger partial charge < -0.3 is 15.0 Å². The molecule has 2 heterocycles. The Bertz CT molecular complexity index is 938. The molecule has 1 N–H and O–H groups in total. The number of ether oxygens (including phenoxy) is 1. The van der Waals surface area contributed by atoms with E-state index in [-0.39, 0.29) is 11.4 Å². The third kappa shape index (κ3) is 6.07. The highest BCUT2D eigenvalue weighted by molar-refractivity contribution is 5.69. The minimum Gasteiger partial charge on any atom is -0.435 e. The minimum absolute atomic E-state index is 0.0423. The molecule has 0 aliphatic heterocycles. The van der Waals surface area contributed by atoms with Crippen LogP contribution in [0.25, 0.3) is 11.1 Å². The topological polar surface area (TPSA) is 63.2 Å². The van der Waals surface area contributed by atoms with Crippen molar-refractivity contribution in [2.24, 2.45) is 0 Å². The largest absolute Gasteiger partial charge is 0.435 e. The summed E-state index contributed by atoms with van der Waals surface area (Å²) in [7, 11) is 1.85. The first kappa shape index (κ1) is 22.9. The molecule has 0 radical (unpaired) electrons. The van der Waals surface area contributed by atoms with Gasteiger partial charge in [0.2, 0.25) is 11.9 Å². The van der Waals surface area contributed by atoms with Crippen molar-refractivity contribution in [3.8, 4) is 16.9 Å². The van der Waals surface area contributed by atoms with Crippen LogP contribution >= 0.6 is 0 Å². The number of nitrogens with one attached hydrogen (secondary N) is 1. The second-order valence-corrected chi connectivity index (χ2v) is 5.85. The van der Waals surface area contributed by atoms with Gasteiger partial charge in [-0.15, -0.1) is 0 Å². The van der Waals surface area contributed by atoms with Crippen molar-refractivity contribution in [2.75, 3.05) is 23.8 Å². The number of aromatic nitrogens is 3. The Hall–Kier alpha value is -3.36. The normalized spacial score (nSPS) is 10.3. The molecule has 0 saturated heterocycles. The van der Waals surface area contributed by atoms with Gasteiger partial charge in [-0.3, -0.25) is 0 Å². The van der Waals surface area contributed by atoms with Crippen LogP contribution in [0.5, 0.6) is 5.75 Å². The van der Waals surface area contributed by atoms with E-state index >= 15 is 0 Å². The average molecular weight is 419 g/mol. The van der Waals surface area contributed by atoms with E-state index in [0.29, 0.717) is 22.9 Å². The second-order valence-electron chi connectivity index (χ2n) is 5.85. The number of alkyl halides is 2. The van der Waals surface area contributed by atoms with Gasteiger partial charge in [-0.05, 0) is 36.8 Å². The van der Waals surface area contributed by atoms with Crippen molar-refractivity contribution in [1.82, 2.24) is 15.0 Å². The molecule has 0 aliphatic rings. The number of rotatable bonds is 7. The van der Waals surface area contributed by atoms with Crippen LogP contribution in [0.4, 0.5) is 30.6 Å². The van der Waals surface area contributed by atoms with Gasteiger partial charge in [0.15, 0.2) is 0 Å². The summed E-state index contributed by atoms with van der Waals surface area (Å²) in [5, 5.41) is 2.90. The van der Waals surface area contributed by atoms with E-state index in [1.165, 1.54) is 18.3 Å². The molecule has 0 amide bonds. The fourth-order valence-electron chi connectivity index (χ4n) is 2.40. The summed E-state index contributed by atoms with van der Waals surface area (Å²) in [6.45, 7) is 3.80. The lowest BCUT2D eigenvalue weighted by Crippen LogP contribution is -2.18. The number of benzene rings is 1. The minimum atomic E-state index is -2.89. The van der Waals surface area contributed by atoms with Crippen LogP contribution in [-0.4, -0.2) is 35.2 Å². The molecule has 0 saturated carbocycles. The van der Waals surface area contributed by atoms with Gasteiger partial charge in [0.05, 0.1) is 5.69 Å². The molecule has 0 spiro atoms. The van der Waals surface area contributed by atoms with E-state index in [4.69, 9.17) is 0 Å². The third-order valence-corrected chi connectivity index (χ3v) is 3.97. The predicted molar refractivity (Wildman–Crippen MR) is 112 cm³/mol. The smallest absolute Gasteiger partial charge is 0.387 e. The summed E-state index contributed by atoms with van der Waals surface area (Å²) in [5.74, 6) is 0.279. The van der Waals surface area contributed by atoms with Crippen molar-refractivity contribution in [3.63, 3.8) is 0 Å². The molecule has 9 heteroatoms. The maximum Gasteiger partial charge on any atom is 0.387 e. The summed E-state index contributed by atoms with van der Waals surface area (Å²) < 4.78 is 43.0. The first-order valence-corrected chi connectivity index (χ1v) is 9.48. The molecule has 30 heavy (non-hydrogen) atoms. The monoisotopic (exact) mass is 419 g/mol. The lowest BCUT2D eigenvalue weighted by Gasteiger charge is -2.15. The van der Waals surface area contributed by atoms with Crippen LogP contribution in [0.2, 0.25) is 0 Å². The Balaban J connectivity index is 0.00000155. The molecule has 6 nitrogen and oxygen atoms in total. The highest BCUT2D eigenvalue weighted by Gasteiger charge is 2.10. The number of hydrogen-bond donors (Lipinski definition) is 1. The molecular weight excluding hydrogens is 395 g/mol. The molecule has 3 rings (SSSR count). The Morgan fingerprint density at radius 1 is 1.07 bits per heavy atom. The van der Waals surface area contributed by atoms with Crippen molar-refractivity contribution in [1.29, 1.82) is 0 Å². The van der Waals surface area contributed by atoms with Crippen molar-refractivity contribution < 1.29 is 17.9 Å². The number of pyridine rings is 1. The maximum atomic E-state index is 14.2. The molecule has 3 aromatic rings. The Morgan fingerprint density at radius 2 is 1.77 bits per heavy atom. The number of anilines is 3. The van der Waals surface area contributed by atoms with Crippen LogP contribution in [0.3, 0.4) is 0 Å². The summed E-state index contributed by atoms with van der Waals surface area (Å²) in [5.41, 5.74) is 1.41. The van der Waals surface area contributed by atoms with E-state index in [0.717, 1.165) is 6.54 Å². The van der Waals surface area contributed by atoms with E-state index < -0.39 is 12.6 Å². The standard InChI is InChI=1S/C19H18F3N5O.C2H6/c1-3-27(2)19-23-9-8-16(26-19)25-15-10-13(11-24-17(15)20)12-4-6-14(7-5-12)28-18(21)22;1-2/h4-11,18H,3H2,1-2H3,(H,23,25,26);1-2H3. The molecule has 160 valence electrons. The van der Waals surface area contributed by atoms with E-state index in [1.54, 1.807) is 30.5 Å². The summed E-state index contributed by atoms with van der Waals surface area (Å²) >= 11 is 0. The van der Waals surface area contributed by atoms with Gasteiger partial charge in [-0.1, -0.05) is 26.0 Å². The number of nitrogens with zero attached hydrogens (tertiary/aromatic N) is 4. The van der Waals surface area contributed by atoms with Gasteiger partial charge in [0.1, 0.15) is 11.6 Å². The zero-order valence-electron chi connectivity index (χ0n) is 17.2. The quantitative estimate of drug-likeness (QED) is 0.510. The highest BCUT2D eigenvalue weighted by atomic mass is 19.3. The second kappa shape index (κ2) is 11.0. The number of hydrogen-bond acceptors (Lipinski definition) is 6. The zero-order chi connectivity index (χ0) is 22.1. The van der Waals surface area contributed by atoms with Crippen LogP contribution in [-0.2, 0) is 0 Å². The summed E-state index contributed by atoms with van der Waals surface area (Å²) in [6, 6.07) is 9.20. The predicted octanol–water partition coefficient (Wildman–Crippen LogP) is 5.51. The molecule has 0 bridgehead atoms. The SMILES string of the molecule is CC.CCN(C)c1nccc(Nc2cc(-c3ccc(OC(F)F)cc3)cnc2F)n1. The van der Waals surface area contributed by atoms with E-state index in [2.05, 4.69) is 25.0 Å². The highest BCUT2D eigenvalue weighted by Crippen LogP contribution is 2.27. The molecule has 0 fully saturated rings. The molecule has 0 unspecified atom stereocenters. The maximum absolute atomic E-state index is 14.2. The van der Waals surface area contributed by atoms with Gasteiger partial charge >= 0.3 is 6.61 Å². The Labute approximate surface area is 173 Å².